The number of hydrogen-bond acceptors (Lipinski definition) is 5. The van der Waals surface area contributed by atoms with Crippen molar-refractivity contribution in [1.82, 2.24) is 0 Å². The Kier molecular flexibility index (Phi) is 6.31. The van der Waals surface area contributed by atoms with Gasteiger partial charge in [0.05, 0.1) is 13.2 Å². The third kappa shape index (κ3) is 5.17. The standard InChI is InChI=1S/C25H26O5/c1-3-5-17-11-19(7-9-23(17)29-15-21-13-27-21)25(26)20-8-10-24(18(12-20)6-4-2)30-16-22-14-28-22/h3-4,7-12,21-22H,1-2,5-6,13-16H2. The van der Waals surface area contributed by atoms with Crippen LogP contribution in [0.2, 0.25) is 0 Å². The number of benzene rings is 2. The maximum atomic E-state index is 13.2. The van der Waals surface area contributed by atoms with Crippen molar-refractivity contribution < 1.29 is 23.7 Å². The number of ketones is 1. The molecule has 0 spiro atoms. The molecule has 5 heteroatoms. The van der Waals surface area contributed by atoms with Crippen molar-refractivity contribution >= 4 is 5.78 Å². The van der Waals surface area contributed by atoms with Crippen molar-refractivity contribution in [2.45, 2.75) is 25.0 Å². The van der Waals surface area contributed by atoms with Gasteiger partial charge in [-0.1, -0.05) is 12.2 Å². The highest BCUT2D eigenvalue weighted by Gasteiger charge is 2.24. The SMILES string of the molecule is C=CCc1cc(C(=O)c2ccc(OCC3CO3)c(CC=C)c2)ccc1OCC1CO1. The van der Waals surface area contributed by atoms with Gasteiger partial charge in [0, 0.05) is 11.1 Å². The highest BCUT2D eigenvalue weighted by molar-refractivity contribution is 6.09. The second kappa shape index (κ2) is 9.28. The zero-order valence-corrected chi connectivity index (χ0v) is 17.0. The summed E-state index contributed by atoms with van der Waals surface area (Å²) < 4.78 is 22.1. The Morgan fingerprint density at radius 3 is 1.67 bits per heavy atom. The fraction of sp³-hybridized carbons (Fsp3) is 0.320. The van der Waals surface area contributed by atoms with E-state index in [-0.39, 0.29) is 18.0 Å². The number of rotatable bonds is 12. The molecule has 2 aromatic rings. The van der Waals surface area contributed by atoms with Crippen LogP contribution >= 0.6 is 0 Å². The van der Waals surface area contributed by atoms with Crippen molar-refractivity contribution in [2.75, 3.05) is 26.4 Å². The van der Waals surface area contributed by atoms with Crippen molar-refractivity contribution in [3.05, 3.63) is 84.0 Å². The van der Waals surface area contributed by atoms with Gasteiger partial charge in [0.2, 0.25) is 0 Å². The Bertz CT molecular complexity index is 865. The van der Waals surface area contributed by atoms with E-state index < -0.39 is 0 Å². The van der Waals surface area contributed by atoms with Crippen LogP contribution in [0.4, 0.5) is 0 Å². The molecule has 2 aliphatic heterocycles. The average molecular weight is 406 g/mol. The Morgan fingerprint density at radius 2 is 1.30 bits per heavy atom. The van der Waals surface area contributed by atoms with E-state index in [2.05, 4.69) is 13.2 Å². The molecule has 30 heavy (non-hydrogen) atoms. The minimum atomic E-state index is -0.0419. The Labute approximate surface area is 176 Å². The summed E-state index contributed by atoms with van der Waals surface area (Å²) in [6, 6.07) is 11.1. The number of allylic oxidation sites excluding steroid dienone is 2. The van der Waals surface area contributed by atoms with Crippen LogP contribution in [0.3, 0.4) is 0 Å². The van der Waals surface area contributed by atoms with Crippen LogP contribution in [0.25, 0.3) is 0 Å². The maximum absolute atomic E-state index is 13.2. The molecule has 4 rings (SSSR count). The number of epoxide rings is 2. The molecule has 0 saturated carbocycles. The lowest BCUT2D eigenvalue weighted by molar-refractivity contribution is 0.103. The van der Waals surface area contributed by atoms with Crippen LogP contribution in [0.15, 0.2) is 61.7 Å². The van der Waals surface area contributed by atoms with Crippen LogP contribution in [0, 0.1) is 0 Å². The lowest BCUT2D eigenvalue weighted by atomic mass is 9.97. The molecule has 0 N–H and O–H groups in total. The van der Waals surface area contributed by atoms with E-state index >= 15 is 0 Å². The zero-order valence-electron chi connectivity index (χ0n) is 17.0. The van der Waals surface area contributed by atoms with E-state index in [1.54, 1.807) is 12.1 Å². The average Bonchev–Trinajstić information content (AvgIpc) is 3.67. The van der Waals surface area contributed by atoms with Gasteiger partial charge in [0.1, 0.15) is 36.9 Å². The van der Waals surface area contributed by atoms with Gasteiger partial charge in [0.15, 0.2) is 5.78 Å². The molecule has 156 valence electrons. The summed E-state index contributed by atoms with van der Waals surface area (Å²) in [5, 5.41) is 0. The van der Waals surface area contributed by atoms with Gasteiger partial charge in [0.25, 0.3) is 0 Å². The summed E-state index contributed by atoms with van der Waals surface area (Å²) in [5.41, 5.74) is 3.11. The molecular weight excluding hydrogens is 380 g/mol. The second-order valence-electron chi connectivity index (χ2n) is 7.49. The summed E-state index contributed by atoms with van der Waals surface area (Å²) in [6.07, 6.45) is 5.22. The molecule has 2 unspecified atom stereocenters. The third-order valence-corrected chi connectivity index (χ3v) is 5.03. The van der Waals surface area contributed by atoms with E-state index in [1.807, 2.05) is 36.4 Å². The molecule has 0 aliphatic carbocycles. The van der Waals surface area contributed by atoms with Gasteiger partial charge in [-0.2, -0.15) is 0 Å². The molecular formula is C25H26O5. The summed E-state index contributed by atoms with van der Waals surface area (Å²) in [7, 11) is 0. The molecule has 2 heterocycles. The number of hydrogen-bond donors (Lipinski definition) is 0. The molecule has 2 atom stereocenters. The molecule has 0 aromatic heterocycles. The van der Waals surface area contributed by atoms with Crippen LogP contribution in [0.5, 0.6) is 11.5 Å². The molecule has 2 aliphatic rings. The van der Waals surface area contributed by atoms with E-state index in [0.717, 1.165) is 35.8 Å². The fourth-order valence-electron chi connectivity index (χ4n) is 3.21. The monoisotopic (exact) mass is 406 g/mol. The van der Waals surface area contributed by atoms with Gasteiger partial charge in [-0.25, -0.2) is 0 Å². The van der Waals surface area contributed by atoms with Gasteiger partial charge in [-0.15, -0.1) is 13.2 Å². The zero-order chi connectivity index (χ0) is 20.9. The van der Waals surface area contributed by atoms with E-state index in [4.69, 9.17) is 18.9 Å². The van der Waals surface area contributed by atoms with Crippen LogP contribution in [0.1, 0.15) is 27.0 Å². The van der Waals surface area contributed by atoms with Crippen LogP contribution < -0.4 is 9.47 Å². The highest BCUT2D eigenvalue weighted by atomic mass is 16.6. The van der Waals surface area contributed by atoms with Crippen molar-refractivity contribution in [1.29, 1.82) is 0 Å². The molecule has 2 aromatic carbocycles. The van der Waals surface area contributed by atoms with Gasteiger partial charge in [-0.05, 0) is 60.4 Å². The number of ether oxygens (including phenoxy) is 4. The van der Waals surface area contributed by atoms with Crippen LogP contribution in [-0.4, -0.2) is 44.4 Å². The first-order chi connectivity index (χ1) is 14.7. The quantitative estimate of drug-likeness (QED) is 0.304. The summed E-state index contributed by atoms with van der Waals surface area (Å²) in [6.45, 7) is 10.2. The van der Waals surface area contributed by atoms with E-state index in [0.29, 0.717) is 37.2 Å². The molecule has 0 bridgehead atoms. The van der Waals surface area contributed by atoms with Gasteiger partial charge in [-0.3, -0.25) is 4.79 Å². The first-order valence-electron chi connectivity index (χ1n) is 10.2. The fourth-order valence-corrected chi connectivity index (χ4v) is 3.21. The maximum Gasteiger partial charge on any atom is 0.193 e. The number of carbonyl (C=O) groups excluding carboxylic acids is 1. The largest absolute Gasteiger partial charge is 0.490 e. The molecule has 2 saturated heterocycles. The van der Waals surface area contributed by atoms with E-state index in [9.17, 15) is 4.79 Å². The Balaban J connectivity index is 1.54. The Morgan fingerprint density at radius 1 is 0.867 bits per heavy atom. The van der Waals surface area contributed by atoms with Crippen molar-refractivity contribution in [3.63, 3.8) is 0 Å². The summed E-state index contributed by atoms with van der Waals surface area (Å²) in [5.74, 6) is 1.49. The lowest BCUT2D eigenvalue weighted by Crippen LogP contribution is -2.09. The van der Waals surface area contributed by atoms with Crippen molar-refractivity contribution in [2.24, 2.45) is 0 Å². The number of carbonyl (C=O) groups is 1. The predicted molar refractivity (Wildman–Crippen MR) is 115 cm³/mol. The summed E-state index contributed by atoms with van der Waals surface area (Å²) in [4.78, 5) is 13.2. The first kappa shape index (κ1) is 20.4. The Hall–Kier alpha value is -2.89. The molecule has 5 nitrogen and oxygen atoms in total. The lowest BCUT2D eigenvalue weighted by Gasteiger charge is -2.13. The molecule has 2 fully saturated rings. The summed E-state index contributed by atoms with van der Waals surface area (Å²) >= 11 is 0. The van der Waals surface area contributed by atoms with Gasteiger partial charge < -0.3 is 18.9 Å². The smallest absolute Gasteiger partial charge is 0.193 e. The predicted octanol–water partition coefficient (Wildman–Crippen LogP) is 3.93. The normalized spacial score (nSPS) is 19.1. The highest BCUT2D eigenvalue weighted by Crippen LogP contribution is 2.27. The topological polar surface area (TPSA) is 60.6 Å². The minimum absolute atomic E-state index is 0.0419. The van der Waals surface area contributed by atoms with E-state index in [1.165, 1.54) is 0 Å². The minimum Gasteiger partial charge on any atom is -0.490 e. The van der Waals surface area contributed by atoms with Crippen molar-refractivity contribution in [3.8, 4) is 11.5 Å². The third-order valence-electron chi connectivity index (χ3n) is 5.03. The molecule has 0 amide bonds. The van der Waals surface area contributed by atoms with Crippen LogP contribution in [-0.2, 0) is 22.3 Å². The molecule has 0 radical (unpaired) electrons. The second-order valence-corrected chi connectivity index (χ2v) is 7.49. The van der Waals surface area contributed by atoms with Gasteiger partial charge >= 0.3 is 0 Å². The first-order valence-corrected chi connectivity index (χ1v) is 10.2.